The van der Waals surface area contributed by atoms with Gasteiger partial charge in [0, 0.05) is 5.56 Å². The predicted molar refractivity (Wildman–Crippen MR) is 124 cm³/mol. The fraction of sp³-hybridized carbons (Fsp3) is 0.304. The Bertz CT molecular complexity index is 1080. The highest BCUT2D eigenvalue weighted by Gasteiger charge is 2.41. The first-order valence-corrected chi connectivity index (χ1v) is 11.1. The zero-order valence-electron chi connectivity index (χ0n) is 17.7. The number of nitrogens with zero attached hydrogens (tertiary/aromatic N) is 3. The number of carbonyl (C=O) groups is 2. The molecule has 2 aromatic carbocycles. The molecule has 7 nitrogen and oxygen atoms in total. The van der Waals surface area contributed by atoms with Crippen molar-refractivity contribution in [3.63, 3.8) is 0 Å². The summed E-state index contributed by atoms with van der Waals surface area (Å²) in [5.41, 5.74) is 2.20. The quantitative estimate of drug-likeness (QED) is 0.738. The SMILES string of the molecule is COc1ccccc1NC(=O)CSC1=Nc2ccccc2C2=NC(=O)C(CC(C)C)N12. The van der Waals surface area contributed by atoms with Crippen molar-refractivity contribution in [1.82, 2.24) is 4.90 Å². The molecule has 1 unspecified atom stereocenters. The van der Waals surface area contributed by atoms with Crippen molar-refractivity contribution in [2.75, 3.05) is 18.2 Å². The molecule has 1 N–H and O–H groups in total. The number of ether oxygens (including phenoxy) is 1. The van der Waals surface area contributed by atoms with Crippen molar-refractivity contribution in [1.29, 1.82) is 0 Å². The van der Waals surface area contributed by atoms with E-state index in [4.69, 9.17) is 9.73 Å². The van der Waals surface area contributed by atoms with E-state index in [0.29, 0.717) is 34.8 Å². The number of carbonyl (C=O) groups excluding carboxylic acids is 2. The van der Waals surface area contributed by atoms with Crippen LogP contribution in [-0.2, 0) is 9.59 Å². The van der Waals surface area contributed by atoms with Crippen LogP contribution in [0.25, 0.3) is 0 Å². The van der Waals surface area contributed by atoms with Gasteiger partial charge in [-0.3, -0.25) is 14.5 Å². The topological polar surface area (TPSA) is 83.4 Å². The molecule has 31 heavy (non-hydrogen) atoms. The van der Waals surface area contributed by atoms with E-state index in [1.165, 1.54) is 11.8 Å². The molecule has 8 heteroatoms. The number of methoxy groups -OCH3 is 1. The van der Waals surface area contributed by atoms with Crippen LogP contribution < -0.4 is 10.1 Å². The number of rotatable bonds is 6. The van der Waals surface area contributed by atoms with Crippen LogP contribution in [0.5, 0.6) is 5.75 Å². The van der Waals surface area contributed by atoms with Gasteiger partial charge in [-0.2, -0.15) is 4.99 Å². The lowest BCUT2D eigenvalue weighted by atomic mass is 10.0. The Balaban J connectivity index is 1.56. The smallest absolute Gasteiger partial charge is 0.270 e. The molecule has 2 amide bonds. The van der Waals surface area contributed by atoms with Gasteiger partial charge in [0.1, 0.15) is 17.6 Å². The van der Waals surface area contributed by atoms with Crippen LogP contribution in [0.3, 0.4) is 0 Å². The standard InChI is InChI=1S/C23H24N4O3S/c1-14(2)12-18-22(29)26-21-15-8-4-5-9-16(15)25-23(27(18)21)31-13-20(28)24-17-10-6-7-11-19(17)30-3/h4-11,14,18H,12-13H2,1-3H3,(H,24,28). The van der Waals surface area contributed by atoms with Gasteiger partial charge in [-0.1, -0.05) is 49.9 Å². The predicted octanol–water partition coefficient (Wildman–Crippen LogP) is 4.07. The summed E-state index contributed by atoms with van der Waals surface area (Å²) in [6.45, 7) is 4.15. The average molecular weight is 437 g/mol. The second kappa shape index (κ2) is 8.93. The van der Waals surface area contributed by atoms with E-state index in [1.807, 2.05) is 41.3 Å². The average Bonchev–Trinajstić information content (AvgIpc) is 3.08. The molecule has 1 atom stereocenters. The lowest BCUT2D eigenvalue weighted by molar-refractivity contribution is -0.120. The monoisotopic (exact) mass is 436 g/mol. The lowest BCUT2D eigenvalue weighted by Crippen LogP contribution is -2.44. The number of hydrogen-bond donors (Lipinski definition) is 1. The zero-order chi connectivity index (χ0) is 22.0. The number of para-hydroxylation sites is 3. The molecule has 0 saturated carbocycles. The van der Waals surface area contributed by atoms with Gasteiger partial charge < -0.3 is 10.1 Å². The molecule has 160 valence electrons. The van der Waals surface area contributed by atoms with Gasteiger partial charge in [0.15, 0.2) is 5.17 Å². The summed E-state index contributed by atoms with van der Waals surface area (Å²) in [5, 5.41) is 3.49. The summed E-state index contributed by atoms with van der Waals surface area (Å²) in [6, 6.07) is 14.5. The Hall–Kier alpha value is -3.13. The fourth-order valence-electron chi connectivity index (χ4n) is 3.64. The number of benzene rings is 2. The Kier molecular flexibility index (Phi) is 6.08. The third-order valence-electron chi connectivity index (χ3n) is 5.02. The van der Waals surface area contributed by atoms with E-state index in [-0.39, 0.29) is 17.6 Å². The number of thioether (sulfide) groups is 1. The molecule has 0 saturated heterocycles. The Labute approximate surface area is 185 Å². The van der Waals surface area contributed by atoms with Crippen molar-refractivity contribution >= 4 is 46.0 Å². The zero-order valence-corrected chi connectivity index (χ0v) is 18.5. The van der Waals surface area contributed by atoms with Crippen molar-refractivity contribution in [3.05, 3.63) is 54.1 Å². The first-order chi connectivity index (χ1) is 15.0. The number of anilines is 1. The molecule has 0 spiro atoms. The Morgan fingerprint density at radius 3 is 2.68 bits per heavy atom. The Morgan fingerprint density at radius 1 is 1.16 bits per heavy atom. The molecule has 0 bridgehead atoms. The second-order valence-corrected chi connectivity index (χ2v) is 8.68. The highest BCUT2D eigenvalue weighted by atomic mass is 32.2. The summed E-state index contributed by atoms with van der Waals surface area (Å²) < 4.78 is 5.29. The summed E-state index contributed by atoms with van der Waals surface area (Å²) in [4.78, 5) is 36.3. The van der Waals surface area contributed by atoms with E-state index in [9.17, 15) is 9.59 Å². The fourth-order valence-corrected chi connectivity index (χ4v) is 4.49. The second-order valence-electron chi connectivity index (χ2n) is 7.74. The lowest BCUT2D eigenvalue weighted by Gasteiger charge is -2.31. The molecule has 2 aromatic rings. The molecule has 2 heterocycles. The van der Waals surface area contributed by atoms with Crippen LogP contribution in [-0.4, -0.2) is 46.6 Å². The molecule has 0 radical (unpaired) electrons. The van der Waals surface area contributed by atoms with Crippen molar-refractivity contribution < 1.29 is 14.3 Å². The minimum atomic E-state index is -0.396. The molecule has 2 aliphatic heterocycles. The van der Waals surface area contributed by atoms with Crippen molar-refractivity contribution in [2.45, 2.75) is 26.3 Å². The molecule has 4 rings (SSSR count). The maximum absolute atomic E-state index is 12.7. The largest absolute Gasteiger partial charge is 0.495 e. The number of fused-ring (bicyclic) bond motifs is 3. The molecule has 0 fully saturated rings. The van der Waals surface area contributed by atoms with Gasteiger partial charge in [-0.15, -0.1) is 0 Å². The molecular weight excluding hydrogens is 412 g/mol. The van der Waals surface area contributed by atoms with Crippen LogP contribution in [0.4, 0.5) is 11.4 Å². The van der Waals surface area contributed by atoms with Gasteiger partial charge in [0.25, 0.3) is 5.91 Å². The number of aliphatic imine (C=N–C) groups is 2. The van der Waals surface area contributed by atoms with Gasteiger partial charge in [-0.25, -0.2) is 4.99 Å². The third kappa shape index (κ3) is 4.34. The van der Waals surface area contributed by atoms with E-state index in [1.54, 1.807) is 19.2 Å². The van der Waals surface area contributed by atoms with Crippen LogP contribution in [0, 0.1) is 5.92 Å². The first kappa shape index (κ1) is 21.1. The minimum absolute atomic E-state index is 0.144. The number of nitrogens with one attached hydrogen (secondary N) is 1. The van der Waals surface area contributed by atoms with Gasteiger partial charge >= 0.3 is 0 Å². The molecule has 2 aliphatic rings. The van der Waals surface area contributed by atoms with E-state index >= 15 is 0 Å². The maximum atomic E-state index is 12.7. The highest BCUT2D eigenvalue weighted by Crippen LogP contribution is 2.35. The maximum Gasteiger partial charge on any atom is 0.270 e. The van der Waals surface area contributed by atoms with Gasteiger partial charge in [0.05, 0.1) is 24.2 Å². The number of hydrogen-bond acceptors (Lipinski definition) is 6. The summed E-state index contributed by atoms with van der Waals surface area (Å²) in [6.07, 6.45) is 0.668. The van der Waals surface area contributed by atoms with Gasteiger partial charge in [-0.05, 0) is 36.6 Å². The first-order valence-electron chi connectivity index (χ1n) is 10.1. The summed E-state index contributed by atoms with van der Waals surface area (Å²) in [5.74, 6) is 1.34. The molecule has 0 aliphatic carbocycles. The third-order valence-corrected chi connectivity index (χ3v) is 5.97. The molecular formula is C23H24N4O3S. The van der Waals surface area contributed by atoms with Crippen molar-refractivity contribution in [3.8, 4) is 5.75 Å². The molecule has 0 aromatic heterocycles. The van der Waals surface area contributed by atoms with Gasteiger partial charge in [0.2, 0.25) is 5.91 Å². The van der Waals surface area contributed by atoms with E-state index in [2.05, 4.69) is 24.2 Å². The van der Waals surface area contributed by atoms with Crippen molar-refractivity contribution in [2.24, 2.45) is 15.9 Å². The normalized spacial score (nSPS) is 17.1. The summed E-state index contributed by atoms with van der Waals surface area (Å²) in [7, 11) is 1.56. The van der Waals surface area contributed by atoms with E-state index < -0.39 is 6.04 Å². The van der Waals surface area contributed by atoms with Crippen LogP contribution >= 0.6 is 11.8 Å². The highest BCUT2D eigenvalue weighted by molar-refractivity contribution is 8.14. The minimum Gasteiger partial charge on any atom is -0.495 e. The van der Waals surface area contributed by atoms with E-state index in [0.717, 1.165) is 11.3 Å². The van der Waals surface area contributed by atoms with Crippen LogP contribution in [0.15, 0.2) is 58.5 Å². The summed E-state index contributed by atoms with van der Waals surface area (Å²) >= 11 is 1.30. The Morgan fingerprint density at radius 2 is 1.90 bits per heavy atom. The van der Waals surface area contributed by atoms with Crippen LogP contribution in [0.2, 0.25) is 0 Å². The number of amidine groups is 2. The van der Waals surface area contributed by atoms with Crippen LogP contribution in [0.1, 0.15) is 25.8 Å². The number of amides is 2.